The van der Waals surface area contributed by atoms with Crippen molar-refractivity contribution in [3.05, 3.63) is 74.3 Å². The highest BCUT2D eigenvalue weighted by atomic mass is 32.1. The second-order valence-corrected chi connectivity index (χ2v) is 12.1. The number of benzene rings is 1. The Balaban J connectivity index is 1.46. The molecule has 0 fully saturated rings. The maximum absolute atomic E-state index is 13.3. The fourth-order valence-electron chi connectivity index (χ4n) is 5.37. The fourth-order valence-corrected chi connectivity index (χ4v) is 6.35. The number of carbonyl (C=O) groups excluding carboxylic acids is 2. The molecule has 0 saturated heterocycles. The third-order valence-electron chi connectivity index (χ3n) is 7.65. The minimum atomic E-state index is -1.15. The van der Waals surface area contributed by atoms with Gasteiger partial charge < -0.3 is 18.8 Å². The number of hydrogen-bond donors (Lipinski definition) is 0. The van der Waals surface area contributed by atoms with Gasteiger partial charge >= 0.3 is 0 Å². The molecule has 1 aliphatic rings. The largest absolute Gasteiger partial charge is 0.464 e. The minimum absolute atomic E-state index is 0.0758. The van der Waals surface area contributed by atoms with Crippen LogP contribution in [0.15, 0.2) is 52.0 Å². The number of aryl methyl sites for hydroxylation is 2. The first-order valence-corrected chi connectivity index (χ1v) is 14.3. The Bertz CT molecular complexity index is 1650. The van der Waals surface area contributed by atoms with Crippen molar-refractivity contribution in [1.29, 1.82) is 0 Å². The summed E-state index contributed by atoms with van der Waals surface area (Å²) in [5.74, 6) is -0.426. The predicted molar refractivity (Wildman–Crippen MR) is 158 cm³/mol. The molecule has 9 nitrogen and oxygen atoms in total. The molecule has 0 radical (unpaired) electrons. The molecule has 40 heavy (non-hydrogen) atoms. The van der Waals surface area contributed by atoms with E-state index in [2.05, 4.69) is 9.88 Å². The monoisotopic (exact) mass is 561 g/mol. The SMILES string of the molecule is CCN1C(=O)C(C)(C)C(=O)N(C)c2cc(CN(CCn3ccc4occc4c3=O)Cc3sc(C)nc3C)ccc21. The molecule has 210 valence electrons. The quantitative estimate of drug-likeness (QED) is 0.289. The number of thiazole rings is 1. The molecule has 0 saturated carbocycles. The summed E-state index contributed by atoms with van der Waals surface area (Å²) in [6.45, 7) is 12.2. The summed E-state index contributed by atoms with van der Waals surface area (Å²) >= 11 is 1.68. The van der Waals surface area contributed by atoms with Crippen LogP contribution in [0.3, 0.4) is 0 Å². The summed E-state index contributed by atoms with van der Waals surface area (Å²) < 4.78 is 7.09. The van der Waals surface area contributed by atoms with Gasteiger partial charge in [0.15, 0.2) is 0 Å². The van der Waals surface area contributed by atoms with Crippen LogP contribution in [-0.2, 0) is 29.2 Å². The summed E-state index contributed by atoms with van der Waals surface area (Å²) in [6, 6.07) is 9.49. The number of rotatable bonds is 8. The molecule has 4 aromatic rings. The van der Waals surface area contributed by atoms with Crippen molar-refractivity contribution in [3.63, 3.8) is 0 Å². The Morgan fingerprint density at radius 3 is 2.50 bits per heavy atom. The molecule has 0 spiro atoms. The lowest BCUT2D eigenvalue weighted by Gasteiger charge is -2.27. The van der Waals surface area contributed by atoms with Gasteiger partial charge in [0.05, 0.1) is 33.7 Å². The van der Waals surface area contributed by atoms with E-state index in [0.29, 0.717) is 43.7 Å². The van der Waals surface area contributed by atoms with Crippen molar-refractivity contribution in [1.82, 2.24) is 14.5 Å². The average Bonchev–Trinajstić information content (AvgIpc) is 3.52. The van der Waals surface area contributed by atoms with Crippen molar-refractivity contribution in [3.8, 4) is 0 Å². The first kappa shape index (κ1) is 27.8. The van der Waals surface area contributed by atoms with E-state index in [1.165, 1.54) is 11.1 Å². The van der Waals surface area contributed by atoms with Gasteiger partial charge in [-0.2, -0.15) is 0 Å². The highest BCUT2D eigenvalue weighted by molar-refractivity contribution is 7.11. The van der Waals surface area contributed by atoms with Gasteiger partial charge in [-0.15, -0.1) is 11.3 Å². The number of hydrogen-bond acceptors (Lipinski definition) is 7. The second-order valence-electron chi connectivity index (χ2n) is 10.8. The topological polar surface area (TPSA) is 91.9 Å². The van der Waals surface area contributed by atoms with Gasteiger partial charge in [-0.1, -0.05) is 6.07 Å². The van der Waals surface area contributed by atoms with E-state index in [1.54, 1.807) is 58.9 Å². The van der Waals surface area contributed by atoms with Crippen molar-refractivity contribution in [2.24, 2.45) is 5.41 Å². The fraction of sp³-hybridized carbons (Fsp3) is 0.400. The van der Waals surface area contributed by atoms with Crippen LogP contribution in [0.5, 0.6) is 0 Å². The number of fused-ring (bicyclic) bond motifs is 2. The van der Waals surface area contributed by atoms with Crippen molar-refractivity contribution >= 4 is 45.5 Å². The third kappa shape index (κ3) is 4.97. The molecular formula is C30H35N5O4S. The lowest BCUT2D eigenvalue weighted by atomic mass is 9.90. The first-order chi connectivity index (χ1) is 19.0. The van der Waals surface area contributed by atoms with E-state index in [-0.39, 0.29) is 17.4 Å². The van der Waals surface area contributed by atoms with Gasteiger partial charge in [0.1, 0.15) is 11.0 Å². The molecule has 0 unspecified atom stereocenters. The van der Waals surface area contributed by atoms with E-state index in [0.717, 1.165) is 27.6 Å². The normalized spacial score (nSPS) is 15.3. The Kier molecular flexibility index (Phi) is 7.41. The zero-order valence-corrected chi connectivity index (χ0v) is 24.7. The number of furan rings is 1. The van der Waals surface area contributed by atoms with Crippen LogP contribution in [0.2, 0.25) is 0 Å². The molecule has 10 heteroatoms. The van der Waals surface area contributed by atoms with Crippen molar-refractivity contribution in [2.75, 3.05) is 29.9 Å². The van der Waals surface area contributed by atoms with Crippen LogP contribution in [0.25, 0.3) is 11.0 Å². The molecule has 2 amide bonds. The molecule has 1 aliphatic heterocycles. The number of aromatic nitrogens is 2. The van der Waals surface area contributed by atoms with Gasteiger partial charge in [-0.05, 0) is 64.4 Å². The van der Waals surface area contributed by atoms with E-state index in [9.17, 15) is 14.4 Å². The lowest BCUT2D eigenvalue weighted by Crippen LogP contribution is -2.47. The van der Waals surface area contributed by atoms with Gasteiger partial charge in [-0.25, -0.2) is 4.98 Å². The van der Waals surface area contributed by atoms with Crippen molar-refractivity contribution in [2.45, 2.75) is 54.3 Å². The first-order valence-electron chi connectivity index (χ1n) is 13.5. The minimum Gasteiger partial charge on any atom is -0.464 e. The molecule has 0 bridgehead atoms. The molecule has 0 N–H and O–H groups in total. The zero-order chi connectivity index (χ0) is 28.8. The number of anilines is 2. The number of carbonyl (C=O) groups is 2. The summed E-state index contributed by atoms with van der Waals surface area (Å²) in [6.07, 6.45) is 3.31. The molecule has 5 rings (SSSR count). The molecule has 0 atom stereocenters. The Morgan fingerprint density at radius 2 is 1.80 bits per heavy atom. The van der Waals surface area contributed by atoms with Crippen LogP contribution in [0.4, 0.5) is 11.4 Å². The van der Waals surface area contributed by atoms with E-state index in [4.69, 9.17) is 4.42 Å². The predicted octanol–water partition coefficient (Wildman–Crippen LogP) is 4.73. The molecule has 4 heterocycles. The highest BCUT2D eigenvalue weighted by Gasteiger charge is 2.45. The summed E-state index contributed by atoms with van der Waals surface area (Å²) in [5.41, 5.74) is 2.83. The highest BCUT2D eigenvalue weighted by Crippen LogP contribution is 2.39. The van der Waals surface area contributed by atoms with Crippen LogP contribution in [-0.4, -0.2) is 46.4 Å². The second kappa shape index (κ2) is 10.7. The number of nitrogens with zero attached hydrogens (tertiary/aromatic N) is 5. The number of pyridine rings is 1. The van der Waals surface area contributed by atoms with Gasteiger partial charge in [0, 0.05) is 50.8 Å². The van der Waals surface area contributed by atoms with E-state index < -0.39 is 5.41 Å². The molecule has 0 aliphatic carbocycles. The summed E-state index contributed by atoms with van der Waals surface area (Å²) in [5, 5.41) is 1.59. The Labute approximate surface area is 237 Å². The maximum Gasteiger partial charge on any atom is 0.261 e. The molecule has 1 aromatic carbocycles. The number of amides is 2. The maximum atomic E-state index is 13.3. The smallest absolute Gasteiger partial charge is 0.261 e. The molecular weight excluding hydrogens is 526 g/mol. The van der Waals surface area contributed by atoms with E-state index >= 15 is 0 Å². The summed E-state index contributed by atoms with van der Waals surface area (Å²) in [4.78, 5) is 50.9. The van der Waals surface area contributed by atoms with E-state index in [1.807, 2.05) is 45.0 Å². The van der Waals surface area contributed by atoms with Crippen LogP contribution < -0.4 is 15.4 Å². The third-order valence-corrected chi connectivity index (χ3v) is 8.71. The average molecular weight is 562 g/mol. The lowest BCUT2D eigenvalue weighted by molar-refractivity contribution is -0.137. The Hall–Kier alpha value is -3.76. The Morgan fingerprint density at radius 1 is 1.02 bits per heavy atom. The van der Waals surface area contributed by atoms with Crippen LogP contribution >= 0.6 is 11.3 Å². The standard InChI is InChI=1S/C30H35N5O4S/c1-7-35-23-9-8-21(16-24(23)32(6)28(37)30(4,5)29(35)38)17-33(18-26-19(2)31-20(3)40-26)13-14-34-12-10-25-22(27(34)36)11-15-39-25/h8-12,15-16H,7,13-14,17-18H2,1-6H3. The zero-order valence-electron chi connectivity index (χ0n) is 23.9. The van der Waals surface area contributed by atoms with Crippen molar-refractivity contribution < 1.29 is 14.0 Å². The summed E-state index contributed by atoms with van der Waals surface area (Å²) in [7, 11) is 1.73. The van der Waals surface area contributed by atoms with Gasteiger partial charge in [-0.3, -0.25) is 19.3 Å². The molecule has 3 aromatic heterocycles. The van der Waals surface area contributed by atoms with Gasteiger partial charge in [0.2, 0.25) is 11.8 Å². The van der Waals surface area contributed by atoms with Crippen LogP contribution in [0, 0.1) is 19.3 Å². The van der Waals surface area contributed by atoms with Gasteiger partial charge in [0.25, 0.3) is 5.56 Å². The van der Waals surface area contributed by atoms with Crippen LogP contribution in [0.1, 0.15) is 41.9 Å².